The Morgan fingerprint density at radius 3 is 2.37 bits per heavy atom. The molecule has 142 valence electrons. The van der Waals surface area contributed by atoms with Crippen LogP contribution in [-0.4, -0.2) is 42.1 Å². The lowest BCUT2D eigenvalue weighted by molar-refractivity contribution is -0.141. The Bertz CT molecular complexity index is 855. The minimum absolute atomic E-state index is 0.212. The second kappa shape index (κ2) is 8.00. The second-order valence-corrected chi connectivity index (χ2v) is 7.08. The molecule has 0 radical (unpaired) electrons. The van der Waals surface area contributed by atoms with Gasteiger partial charge in [-0.25, -0.2) is 4.79 Å². The molecule has 1 N–H and O–H groups in total. The zero-order valence-corrected chi connectivity index (χ0v) is 16.6. The quantitative estimate of drug-likeness (QED) is 0.773. The third-order valence-corrected chi connectivity index (χ3v) is 5.42. The number of amides is 1. The molecule has 1 saturated heterocycles. The van der Waals surface area contributed by atoms with Gasteiger partial charge in [0, 0.05) is 0 Å². The molecule has 0 aliphatic carbocycles. The Balaban J connectivity index is 2.12. The van der Waals surface area contributed by atoms with E-state index < -0.39 is 17.9 Å². The molecule has 2 unspecified atom stereocenters. The van der Waals surface area contributed by atoms with Crippen molar-refractivity contribution in [3.05, 3.63) is 58.1 Å². The number of hydrogen-bond acceptors (Lipinski definition) is 4. The lowest BCUT2D eigenvalue weighted by Crippen LogP contribution is -2.42. The van der Waals surface area contributed by atoms with Gasteiger partial charge in [0.15, 0.2) is 0 Å². The first-order chi connectivity index (χ1) is 13.0. The van der Waals surface area contributed by atoms with Gasteiger partial charge in [-0.1, -0.05) is 30.3 Å². The van der Waals surface area contributed by atoms with Crippen molar-refractivity contribution in [3.8, 4) is 11.5 Å². The van der Waals surface area contributed by atoms with Crippen LogP contribution in [0.2, 0.25) is 0 Å². The Morgan fingerprint density at radius 1 is 1.07 bits per heavy atom. The number of nitrogens with zero attached hydrogens (tertiary/aromatic N) is 1. The van der Waals surface area contributed by atoms with Crippen LogP contribution >= 0.6 is 15.9 Å². The third kappa shape index (κ3) is 3.51. The van der Waals surface area contributed by atoms with Gasteiger partial charge in [0.25, 0.3) is 5.91 Å². The standard InChI is InChI=1S/C20H20BrNO5/c1-26-16-11-8-13(21)18(27-2)17(16)19(23)22-14(9-10-15(22)20(24)25)12-6-4-3-5-7-12/h3-8,11,14-15H,9-10H2,1-2H3,(H,24,25). The molecule has 27 heavy (non-hydrogen) atoms. The summed E-state index contributed by atoms with van der Waals surface area (Å²) in [6.45, 7) is 0. The van der Waals surface area contributed by atoms with E-state index in [0.717, 1.165) is 5.56 Å². The predicted octanol–water partition coefficient (Wildman–Crippen LogP) is 3.90. The van der Waals surface area contributed by atoms with Gasteiger partial charge in [-0.2, -0.15) is 0 Å². The highest BCUT2D eigenvalue weighted by atomic mass is 79.9. The topological polar surface area (TPSA) is 76.1 Å². The fraction of sp³-hybridized carbons (Fsp3) is 0.300. The number of aliphatic carboxylic acids is 1. The largest absolute Gasteiger partial charge is 0.496 e. The normalized spacial score (nSPS) is 19.0. The predicted molar refractivity (Wildman–Crippen MR) is 103 cm³/mol. The SMILES string of the molecule is COc1ccc(Br)c(OC)c1C(=O)N1C(C(=O)O)CCC1c1ccccc1. The first-order valence-corrected chi connectivity index (χ1v) is 9.29. The highest BCUT2D eigenvalue weighted by molar-refractivity contribution is 9.10. The van der Waals surface area contributed by atoms with Crippen LogP contribution in [0.15, 0.2) is 46.9 Å². The summed E-state index contributed by atoms with van der Waals surface area (Å²) in [4.78, 5) is 26.8. The number of ether oxygens (including phenoxy) is 2. The van der Waals surface area contributed by atoms with Crippen molar-refractivity contribution in [1.82, 2.24) is 4.90 Å². The van der Waals surface area contributed by atoms with Crippen molar-refractivity contribution >= 4 is 27.8 Å². The Kier molecular flexibility index (Phi) is 5.70. The molecular weight excluding hydrogens is 414 g/mol. The number of carbonyl (C=O) groups is 2. The number of hydrogen-bond donors (Lipinski definition) is 1. The maximum absolute atomic E-state index is 13.5. The maximum Gasteiger partial charge on any atom is 0.326 e. The van der Waals surface area contributed by atoms with Gasteiger partial charge in [-0.15, -0.1) is 0 Å². The van der Waals surface area contributed by atoms with E-state index in [1.54, 1.807) is 12.1 Å². The second-order valence-electron chi connectivity index (χ2n) is 6.23. The van der Waals surface area contributed by atoms with Crippen LogP contribution in [0, 0.1) is 0 Å². The van der Waals surface area contributed by atoms with E-state index in [2.05, 4.69) is 15.9 Å². The van der Waals surface area contributed by atoms with Crippen LogP contribution < -0.4 is 9.47 Å². The van der Waals surface area contributed by atoms with Crippen LogP contribution in [0.5, 0.6) is 11.5 Å². The molecule has 2 aromatic carbocycles. The van der Waals surface area contributed by atoms with E-state index in [-0.39, 0.29) is 11.6 Å². The maximum atomic E-state index is 13.5. The van der Waals surface area contributed by atoms with E-state index in [4.69, 9.17) is 9.47 Å². The number of methoxy groups -OCH3 is 2. The average Bonchev–Trinajstić information content (AvgIpc) is 3.13. The molecule has 2 aromatic rings. The lowest BCUT2D eigenvalue weighted by Gasteiger charge is -2.30. The van der Waals surface area contributed by atoms with Crippen LogP contribution in [0.25, 0.3) is 0 Å². The van der Waals surface area contributed by atoms with Crippen molar-refractivity contribution in [2.24, 2.45) is 0 Å². The van der Waals surface area contributed by atoms with Gasteiger partial charge >= 0.3 is 5.97 Å². The molecule has 3 rings (SSSR count). The number of halogens is 1. The van der Waals surface area contributed by atoms with Gasteiger partial charge in [0.05, 0.1) is 24.7 Å². The molecular formula is C20H20BrNO5. The Labute approximate surface area is 165 Å². The number of carbonyl (C=O) groups excluding carboxylic acids is 1. The van der Waals surface area contributed by atoms with Crippen molar-refractivity contribution in [2.75, 3.05) is 14.2 Å². The molecule has 1 amide bonds. The van der Waals surface area contributed by atoms with Crippen LogP contribution in [0.1, 0.15) is 34.8 Å². The van der Waals surface area contributed by atoms with E-state index in [1.165, 1.54) is 19.1 Å². The smallest absolute Gasteiger partial charge is 0.326 e. The summed E-state index contributed by atoms with van der Waals surface area (Å²) < 4.78 is 11.4. The minimum atomic E-state index is -1.02. The van der Waals surface area contributed by atoms with Gasteiger partial charge in [0.1, 0.15) is 23.1 Å². The Morgan fingerprint density at radius 2 is 1.78 bits per heavy atom. The average molecular weight is 434 g/mol. The molecule has 7 heteroatoms. The van der Waals surface area contributed by atoms with E-state index >= 15 is 0 Å². The summed E-state index contributed by atoms with van der Waals surface area (Å²) in [5, 5.41) is 9.69. The van der Waals surface area contributed by atoms with Gasteiger partial charge in [0.2, 0.25) is 0 Å². The summed E-state index contributed by atoms with van der Waals surface area (Å²) in [5.74, 6) is -0.788. The van der Waals surface area contributed by atoms with Gasteiger partial charge in [-0.3, -0.25) is 4.79 Å². The highest BCUT2D eigenvalue weighted by Gasteiger charge is 2.43. The molecule has 1 aliphatic rings. The highest BCUT2D eigenvalue weighted by Crippen LogP contribution is 2.42. The van der Waals surface area contributed by atoms with Crippen LogP contribution in [-0.2, 0) is 4.79 Å². The number of carboxylic acid groups (broad SMARTS) is 1. The zero-order valence-electron chi connectivity index (χ0n) is 15.0. The number of carboxylic acids is 1. The fourth-order valence-electron chi connectivity index (χ4n) is 3.58. The zero-order chi connectivity index (χ0) is 19.6. The van der Waals surface area contributed by atoms with Crippen molar-refractivity contribution in [3.63, 3.8) is 0 Å². The molecule has 1 aliphatic heterocycles. The fourth-order valence-corrected chi connectivity index (χ4v) is 4.07. The molecule has 6 nitrogen and oxygen atoms in total. The summed E-state index contributed by atoms with van der Waals surface area (Å²) >= 11 is 3.38. The van der Waals surface area contributed by atoms with Gasteiger partial charge in [-0.05, 0) is 46.5 Å². The summed E-state index contributed by atoms with van der Waals surface area (Å²) in [6.07, 6.45) is 0.963. The number of likely N-dealkylation sites (tertiary alicyclic amines) is 1. The van der Waals surface area contributed by atoms with E-state index in [0.29, 0.717) is 28.8 Å². The van der Waals surface area contributed by atoms with E-state index in [1.807, 2.05) is 30.3 Å². The molecule has 0 bridgehead atoms. The first-order valence-electron chi connectivity index (χ1n) is 8.50. The number of benzene rings is 2. The molecule has 0 saturated carbocycles. The number of rotatable bonds is 5. The van der Waals surface area contributed by atoms with Crippen molar-refractivity contribution in [1.29, 1.82) is 0 Å². The van der Waals surface area contributed by atoms with Crippen molar-refractivity contribution < 1.29 is 24.2 Å². The molecule has 1 fully saturated rings. The van der Waals surface area contributed by atoms with Gasteiger partial charge < -0.3 is 19.5 Å². The monoisotopic (exact) mass is 433 g/mol. The Hall–Kier alpha value is -2.54. The summed E-state index contributed by atoms with van der Waals surface area (Å²) in [7, 11) is 2.93. The van der Waals surface area contributed by atoms with Crippen LogP contribution in [0.3, 0.4) is 0 Å². The minimum Gasteiger partial charge on any atom is -0.496 e. The summed E-state index contributed by atoms with van der Waals surface area (Å²) in [6, 6.07) is 11.6. The molecule has 1 heterocycles. The van der Waals surface area contributed by atoms with E-state index in [9.17, 15) is 14.7 Å². The van der Waals surface area contributed by atoms with Crippen LogP contribution in [0.4, 0.5) is 0 Å². The summed E-state index contributed by atoms with van der Waals surface area (Å²) in [5.41, 5.74) is 1.12. The lowest BCUT2D eigenvalue weighted by atomic mass is 10.0. The molecule has 2 atom stereocenters. The molecule has 0 spiro atoms. The van der Waals surface area contributed by atoms with Crippen molar-refractivity contribution in [2.45, 2.75) is 24.9 Å². The molecule has 0 aromatic heterocycles. The third-order valence-electron chi connectivity index (χ3n) is 4.80. The first kappa shape index (κ1) is 19.2.